The maximum absolute atomic E-state index is 6.14. The SMILES string of the molecule is Cc1c(Cl)nc(C2CC2)nc1-c1ccc[nH]1. The van der Waals surface area contributed by atoms with Crippen LogP contribution >= 0.6 is 11.6 Å². The van der Waals surface area contributed by atoms with Gasteiger partial charge >= 0.3 is 0 Å². The van der Waals surface area contributed by atoms with Gasteiger partial charge in [0.2, 0.25) is 0 Å². The molecule has 0 aliphatic heterocycles. The first-order chi connectivity index (χ1) is 7.75. The van der Waals surface area contributed by atoms with Gasteiger partial charge in [-0.25, -0.2) is 9.97 Å². The number of aromatic nitrogens is 3. The van der Waals surface area contributed by atoms with Crippen LogP contribution in [0.4, 0.5) is 0 Å². The quantitative estimate of drug-likeness (QED) is 0.809. The van der Waals surface area contributed by atoms with Crippen LogP contribution in [0.15, 0.2) is 18.3 Å². The van der Waals surface area contributed by atoms with E-state index in [-0.39, 0.29) is 0 Å². The molecule has 0 unspecified atom stereocenters. The molecule has 1 aliphatic rings. The van der Waals surface area contributed by atoms with Crippen molar-refractivity contribution < 1.29 is 0 Å². The predicted octanol–water partition coefficient (Wildman–Crippen LogP) is 3.31. The van der Waals surface area contributed by atoms with E-state index in [9.17, 15) is 0 Å². The van der Waals surface area contributed by atoms with Crippen molar-refractivity contribution in [2.24, 2.45) is 0 Å². The van der Waals surface area contributed by atoms with Crippen LogP contribution < -0.4 is 0 Å². The Morgan fingerprint density at radius 2 is 2.19 bits per heavy atom. The second-order valence-corrected chi connectivity index (χ2v) is 4.56. The molecule has 1 fully saturated rings. The second kappa shape index (κ2) is 3.59. The van der Waals surface area contributed by atoms with Gasteiger partial charge in [-0.15, -0.1) is 0 Å². The molecule has 82 valence electrons. The number of aromatic amines is 1. The van der Waals surface area contributed by atoms with Crippen LogP contribution in [0.3, 0.4) is 0 Å². The Balaban J connectivity index is 2.15. The van der Waals surface area contributed by atoms with E-state index in [2.05, 4.69) is 15.0 Å². The lowest BCUT2D eigenvalue weighted by Gasteiger charge is -2.07. The van der Waals surface area contributed by atoms with E-state index in [0.29, 0.717) is 11.1 Å². The third-order valence-electron chi connectivity index (χ3n) is 2.90. The van der Waals surface area contributed by atoms with Gasteiger partial charge in [-0.05, 0) is 31.9 Å². The Morgan fingerprint density at radius 3 is 2.81 bits per heavy atom. The molecule has 2 aromatic heterocycles. The number of hydrogen-bond donors (Lipinski definition) is 1. The molecule has 3 rings (SSSR count). The Bertz CT molecular complexity index is 515. The number of nitrogens with one attached hydrogen (secondary N) is 1. The molecule has 1 saturated carbocycles. The van der Waals surface area contributed by atoms with Gasteiger partial charge in [0.25, 0.3) is 0 Å². The topological polar surface area (TPSA) is 41.6 Å². The molecule has 1 aliphatic carbocycles. The largest absolute Gasteiger partial charge is 0.360 e. The zero-order valence-corrected chi connectivity index (χ0v) is 9.75. The van der Waals surface area contributed by atoms with Crippen LogP contribution in [0.25, 0.3) is 11.4 Å². The Hall–Kier alpha value is -1.35. The highest BCUT2D eigenvalue weighted by Crippen LogP contribution is 2.39. The first-order valence-electron chi connectivity index (χ1n) is 5.43. The maximum Gasteiger partial charge on any atom is 0.136 e. The van der Waals surface area contributed by atoms with Crippen molar-refractivity contribution in [3.63, 3.8) is 0 Å². The van der Waals surface area contributed by atoms with E-state index in [0.717, 1.165) is 22.8 Å². The van der Waals surface area contributed by atoms with Crippen molar-refractivity contribution in [1.82, 2.24) is 15.0 Å². The molecule has 0 radical (unpaired) electrons. The Kier molecular flexibility index (Phi) is 2.21. The van der Waals surface area contributed by atoms with Crippen molar-refractivity contribution in [3.05, 3.63) is 34.9 Å². The summed E-state index contributed by atoms with van der Waals surface area (Å²) in [5.41, 5.74) is 2.86. The minimum atomic E-state index is 0.520. The van der Waals surface area contributed by atoms with E-state index < -0.39 is 0 Å². The maximum atomic E-state index is 6.14. The highest BCUT2D eigenvalue weighted by atomic mass is 35.5. The smallest absolute Gasteiger partial charge is 0.136 e. The summed E-state index contributed by atoms with van der Waals surface area (Å²) in [6, 6.07) is 3.96. The van der Waals surface area contributed by atoms with Gasteiger partial charge in [0.05, 0.1) is 11.4 Å². The Morgan fingerprint density at radius 1 is 1.38 bits per heavy atom. The molecule has 2 aromatic rings. The molecule has 3 nitrogen and oxygen atoms in total. The van der Waals surface area contributed by atoms with E-state index in [1.165, 1.54) is 12.8 Å². The zero-order chi connectivity index (χ0) is 11.1. The van der Waals surface area contributed by atoms with Crippen molar-refractivity contribution in [3.8, 4) is 11.4 Å². The molecular weight excluding hydrogens is 222 g/mol. The van der Waals surface area contributed by atoms with Crippen molar-refractivity contribution in [1.29, 1.82) is 0 Å². The summed E-state index contributed by atoms with van der Waals surface area (Å²) < 4.78 is 0. The average Bonchev–Trinajstić information content (AvgIpc) is 2.98. The lowest BCUT2D eigenvalue weighted by Crippen LogP contribution is -1.99. The minimum Gasteiger partial charge on any atom is -0.360 e. The van der Waals surface area contributed by atoms with Crippen molar-refractivity contribution in [2.75, 3.05) is 0 Å². The van der Waals surface area contributed by atoms with E-state index >= 15 is 0 Å². The summed E-state index contributed by atoms with van der Waals surface area (Å²) in [4.78, 5) is 12.1. The third-order valence-corrected chi connectivity index (χ3v) is 3.27. The van der Waals surface area contributed by atoms with Gasteiger partial charge in [0, 0.05) is 17.7 Å². The van der Waals surface area contributed by atoms with Crippen LogP contribution in [0, 0.1) is 6.92 Å². The molecule has 0 bridgehead atoms. The fourth-order valence-electron chi connectivity index (χ4n) is 1.77. The second-order valence-electron chi connectivity index (χ2n) is 4.20. The van der Waals surface area contributed by atoms with E-state index in [1.807, 2.05) is 25.3 Å². The third kappa shape index (κ3) is 1.61. The van der Waals surface area contributed by atoms with E-state index in [1.54, 1.807) is 0 Å². The lowest BCUT2D eigenvalue weighted by molar-refractivity contribution is 0.920. The van der Waals surface area contributed by atoms with Gasteiger partial charge in [-0.3, -0.25) is 0 Å². The first kappa shape index (κ1) is 9.85. The summed E-state index contributed by atoms with van der Waals surface area (Å²) in [6.07, 6.45) is 4.26. The van der Waals surface area contributed by atoms with Crippen molar-refractivity contribution in [2.45, 2.75) is 25.7 Å². The number of nitrogens with zero attached hydrogens (tertiary/aromatic N) is 2. The number of rotatable bonds is 2. The normalized spacial score (nSPS) is 15.4. The van der Waals surface area contributed by atoms with Gasteiger partial charge < -0.3 is 4.98 Å². The monoisotopic (exact) mass is 233 g/mol. The molecule has 0 aromatic carbocycles. The molecule has 0 saturated heterocycles. The number of hydrogen-bond acceptors (Lipinski definition) is 2. The van der Waals surface area contributed by atoms with E-state index in [4.69, 9.17) is 11.6 Å². The highest BCUT2D eigenvalue weighted by Gasteiger charge is 2.28. The fourth-order valence-corrected chi connectivity index (χ4v) is 1.95. The summed E-state index contributed by atoms with van der Waals surface area (Å²) in [6.45, 7) is 1.95. The van der Waals surface area contributed by atoms with Crippen molar-refractivity contribution >= 4 is 11.6 Å². The molecule has 0 amide bonds. The lowest BCUT2D eigenvalue weighted by atomic mass is 10.2. The number of halogens is 1. The van der Waals surface area contributed by atoms with Crippen LogP contribution in [0.1, 0.15) is 30.1 Å². The molecule has 2 heterocycles. The zero-order valence-electron chi connectivity index (χ0n) is 9.00. The van der Waals surface area contributed by atoms with Gasteiger partial charge in [0.1, 0.15) is 11.0 Å². The summed E-state index contributed by atoms with van der Waals surface area (Å²) in [5, 5.41) is 0.571. The Labute approximate surface area is 98.9 Å². The molecular formula is C12H12ClN3. The van der Waals surface area contributed by atoms with Crippen LogP contribution in [-0.4, -0.2) is 15.0 Å². The molecule has 1 N–H and O–H groups in total. The molecule has 0 spiro atoms. The summed E-state index contributed by atoms with van der Waals surface area (Å²) in [7, 11) is 0. The standard InChI is InChI=1S/C12H12ClN3/c1-7-10(9-3-2-6-14-9)15-12(8-4-5-8)16-11(7)13/h2-3,6,8,14H,4-5H2,1H3. The average molecular weight is 234 g/mol. The highest BCUT2D eigenvalue weighted by molar-refractivity contribution is 6.30. The summed E-state index contributed by atoms with van der Waals surface area (Å²) in [5.74, 6) is 1.41. The molecule has 0 atom stereocenters. The van der Waals surface area contributed by atoms with Crippen LogP contribution in [0.5, 0.6) is 0 Å². The van der Waals surface area contributed by atoms with Gasteiger partial charge in [0.15, 0.2) is 0 Å². The molecule has 16 heavy (non-hydrogen) atoms. The van der Waals surface area contributed by atoms with Gasteiger partial charge in [-0.2, -0.15) is 0 Å². The minimum absolute atomic E-state index is 0.520. The van der Waals surface area contributed by atoms with Crippen LogP contribution in [-0.2, 0) is 0 Å². The summed E-state index contributed by atoms with van der Waals surface area (Å²) >= 11 is 6.14. The number of H-pyrrole nitrogens is 1. The van der Waals surface area contributed by atoms with Gasteiger partial charge in [-0.1, -0.05) is 11.6 Å². The van der Waals surface area contributed by atoms with Crippen LogP contribution in [0.2, 0.25) is 5.15 Å². The fraction of sp³-hybridized carbons (Fsp3) is 0.333. The first-order valence-corrected chi connectivity index (χ1v) is 5.81. The molecule has 4 heteroatoms. The predicted molar refractivity (Wildman–Crippen MR) is 63.5 cm³/mol.